The van der Waals surface area contributed by atoms with Crippen LogP contribution >= 0.6 is 0 Å². The maximum absolute atomic E-state index is 3.78. The summed E-state index contributed by atoms with van der Waals surface area (Å²) in [5, 5.41) is 6.57. The van der Waals surface area contributed by atoms with Gasteiger partial charge in [-0.15, -0.1) is 0 Å². The van der Waals surface area contributed by atoms with Crippen LogP contribution in [0.3, 0.4) is 0 Å². The van der Waals surface area contributed by atoms with Crippen molar-refractivity contribution in [1.82, 2.24) is 5.32 Å². The second kappa shape index (κ2) is 5.34. The van der Waals surface area contributed by atoms with E-state index in [0.717, 1.165) is 0 Å². The fourth-order valence-electron chi connectivity index (χ4n) is 3.61. The molecule has 1 fully saturated rings. The highest BCUT2D eigenvalue weighted by Gasteiger charge is 2.32. The molecule has 0 spiro atoms. The molecule has 100 valence electrons. The summed E-state index contributed by atoms with van der Waals surface area (Å²) in [5.41, 5.74) is 1.85. The molecular weight excluding hydrogens is 230 g/mol. The van der Waals surface area contributed by atoms with Crippen molar-refractivity contribution in [2.24, 2.45) is 0 Å². The summed E-state index contributed by atoms with van der Waals surface area (Å²) < 4.78 is 0. The second-order valence-corrected chi connectivity index (χ2v) is 5.88. The van der Waals surface area contributed by atoms with Crippen LogP contribution in [0.25, 0.3) is 10.8 Å². The molecule has 1 aliphatic rings. The molecule has 0 bridgehead atoms. The molecule has 0 radical (unpaired) electrons. The minimum Gasteiger partial charge on any atom is -0.311 e. The first kappa shape index (κ1) is 12.7. The van der Waals surface area contributed by atoms with Gasteiger partial charge in [0.1, 0.15) is 0 Å². The first-order chi connectivity index (χ1) is 9.33. The Morgan fingerprint density at radius 2 is 1.95 bits per heavy atom. The maximum Gasteiger partial charge on any atom is 0.0222 e. The molecule has 1 N–H and O–H groups in total. The molecule has 19 heavy (non-hydrogen) atoms. The lowest BCUT2D eigenvalue weighted by atomic mass is 9.84. The van der Waals surface area contributed by atoms with Gasteiger partial charge >= 0.3 is 0 Å². The van der Waals surface area contributed by atoms with E-state index in [1.165, 1.54) is 55.0 Å². The molecule has 2 aromatic rings. The van der Waals surface area contributed by atoms with Gasteiger partial charge in [0.15, 0.2) is 0 Å². The molecule has 1 saturated heterocycles. The first-order valence-corrected chi connectivity index (χ1v) is 7.55. The molecule has 1 heterocycles. The SMILES string of the molecule is CCCC1(Cc2cccc3ccccc23)CCCN1. The quantitative estimate of drug-likeness (QED) is 0.856. The highest BCUT2D eigenvalue weighted by atomic mass is 15.0. The summed E-state index contributed by atoms with van der Waals surface area (Å²) in [4.78, 5) is 0. The van der Waals surface area contributed by atoms with E-state index in [1.54, 1.807) is 0 Å². The number of benzene rings is 2. The van der Waals surface area contributed by atoms with E-state index in [2.05, 4.69) is 54.7 Å². The average molecular weight is 253 g/mol. The van der Waals surface area contributed by atoms with Crippen molar-refractivity contribution in [2.75, 3.05) is 6.54 Å². The molecular formula is C18H23N. The van der Waals surface area contributed by atoms with Gasteiger partial charge in [-0.3, -0.25) is 0 Å². The van der Waals surface area contributed by atoms with Gasteiger partial charge in [-0.2, -0.15) is 0 Å². The predicted octanol–water partition coefficient (Wildman–Crippen LogP) is 4.30. The van der Waals surface area contributed by atoms with Crippen molar-refractivity contribution in [1.29, 1.82) is 0 Å². The van der Waals surface area contributed by atoms with Crippen LogP contribution in [0.15, 0.2) is 42.5 Å². The van der Waals surface area contributed by atoms with Gasteiger partial charge in [-0.05, 0) is 48.6 Å². The highest BCUT2D eigenvalue weighted by Crippen LogP contribution is 2.31. The van der Waals surface area contributed by atoms with E-state index in [9.17, 15) is 0 Å². The summed E-state index contributed by atoms with van der Waals surface area (Å²) in [6.45, 7) is 3.48. The zero-order chi connectivity index (χ0) is 13.1. The van der Waals surface area contributed by atoms with Gasteiger partial charge in [-0.1, -0.05) is 55.8 Å². The molecule has 2 aromatic carbocycles. The number of nitrogens with one attached hydrogen (secondary N) is 1. The van der Waals surface area contributed by atoms with E-state index < -0.39 is 0 Å². The van der Waals surface area contributed by atoms with Crippen LogP contribution in [0.5, 0.6) is 0 Å². The van der Waals surface area contributed by atoms with Crippen molar-refractivity contribution in [2.45, 2.75) is 44.6 Å². The number of hydrogen-bond acceptors (Lipinski definition) is 1. The Hall–Kier alpha value is -1.34. The third kappa shape index (κ3) is 2.52. The number of fused-ring (bicyclic) bond motifs is 1. The van der Waals surface area contributed by atoms with Crippen molar-refractivity contribution in [3.8, 4) is 0 Å². The Bertz CT molecular complexity index is 547. The van der Waals surface area contributed by atoms with Gasteiger partial charge in [0.05, 0.1) is 0 Å². The monoisotopic (exact) mass is 253 g/mol. The molecule has 0 saturated carbocycles. The number of rotatable bonds is 4. The third-order valence-corrected chi connectivity index (χ3v) is 4.47. The van der Waals surface area contributed by atoms with E-state index in [1.807, 2.05) is 0 Å². The molecule has 1 unspecified atom stereocenters. The van der Waals surface area contributed by atoms with Crippen LogP contribution in [-0.4, -0.2) is 12.1 Å². The Labute approximate surface area is 116 Å². The standard InChI is InChI=1S/C18H23N/c1-2-11-18(12-6-13-19-18)14-16-9-5-8-15-7-3-4-10-17(15)16/h3-5,7-10,19H,2,6,11-14H2,1H3. The molecule has 0 amide bonds. The van der Waals surface area contributed by atoms with Crippen LogP contribution in [0.1, 0.15) is 38.2 Å². The lowest BCUT2D eigenvalue weighted by Crippen LogP contribution is -2.41. The van der Waals surface area contributed by atoms with Gasteiger partial charge in [-0.25, -0.2) is 0 Å². The van der Waals surface area contributed by atoms with Crippen molar-refractivity contribution >= 4 is 10.8 Å². The first-order valence-electron chi connectivity index (χ1n) is 7.55. The molecule has 1 heteroatoms. The van der Waals surface area contributed by atoms with Crippen molar-refractivity contribution in [3.05, 3.63) is 48.0 Å². The normalized spacial score (nSPS) is 23.0. The summed E-state index contributed by atoms with van der Waals surface area (Å²) in [6, 6.07) is 15.5. The van der Waals surface area contributed by atoms with Crippen LogP contribution in [0.4, 0.5) is 0 Å². The van der Waals surface area contributed by atoms with Gasteiger partial charge in [0.25, 0.3) is 0 Å². The third-order valence-electron chi connectivity index (χ3n) is 4.47. The second-order valence-electron chi connectivity index (χ2n) is 5.88. The van der Waals surface area contributed by atoms with Gasteiger partial charge < -0.3 is 5.32 Å². The maximum atomic E-state index is 3.78. The lowest BCUT2D eigenvalue weighted by Gasteiger charge is -2.30. The Morgan fingerprint density at radius 3 is 2.74 bits per heavy atom. The lowest BCUT2D eigenvalue weighted by molar-refractivity contribution is 0.343. The van der Waals surface area contributed by atoms with Gasteiger partial charge in [0, 0.05) is 5.54 Å². The Balaban J connectivity index is 1.96. The Morgan fingerprint density at radius 1 is 1.11 bits per heavy atom. The summed E-state index contributed by atoms with van der Waals surface area (Å²) in [6.07, 6.45) is 6.37. The van der Waals surface area contributed by atoms with Crippen molar-refractivity contribution in [3.63, 3.8) is 0 Å². The zero-order valence-corrected chi connectivity index (χ0v) is 11.8. The number of hydrogen-bond donors (Lipinski definition) is 1. The van der Waals surface area contributed by atoms with E-state index >= 15 is 0 Å². The van der Waals surface area contributed by atoms with Gasteiger partial charge in [0.2, 0.25) is 0 Å². The van der Waals surface area contributed by atoms with E-state index in [-0.39, 0.29) is 0 Å². The topological polar surface area (TPSA) is 12.0 Å². The molecule has 1 aliphatic heterocycles. The summed E-state index contributed by atoms with van der Waals surface area (Å²) in [5.74, 6) is 0. The fraction of sp³-hybridized carbons (Fsp3) is 0.444. The molecule has 3 rings (SSSR count). The Kier molecular flexibility index (Phi) is 3.56. The minimum absolute atomic E-state index is 0.346. The highest BCUT2D eigenvalue weighted by molar-refractivity contribution is 5.85. The fourth-order valence-corrected chi connectivity index (χ4v) is 3.61. The average Bonchev–Trinajstić information content (AvgIpc) is 2.88. The largest absolute Gasteiger partial charge is 0.311 e. The van der Waals surface area contributed by atoms with Crippen molar-refractivity contribution < 1.29 is 0 Å². The predicted molar refractivity (Wildman–Crippen MR) is 82.5 cm³/mol. The smallest absolute Gasteiger partial charge is 0.0222 e. The van der Waals surface area contributed by atoms with Crippen LogP contribution in [0.2, 0.25) is 0 Å². The molecule has 1 nitrogen and oxygen atoms in total. The molecule has 0 aromatic heterocycles. The van der Waals surface area contributed by atoms with Crippen LogP contribution < -0.4 is 5.32 Å². The zero-order valence-electron chi connectivity index (χ0n) is 11.8. The molecule has 1 atom stereocenters. The minimum atomic E-state index is 0.346. The summed E-state index contributed by atoms with van der Waals surface area (Å²) >= 11 is 0. The summed E-state index contributed by atoms with van der Waals surface area (Å²) in [7, 11) is 0. The molecule has 0 aliphatic carbocycles. The van der Waals surface area contributed by atoms with Crippen LogP contribution in [-0.2, 0) is 6.42 Å². The van der Waals surface area contributed by atoms with Crippen LogP contribution in [0, 0.1) is 0 Å². The van der Waals surface area contributed by atoms with E-state index in [4.69, 9.17) is 0 Å². The van der Waals surface area contributed by atoms with E-state index in [0.29, 0.717) is 5.54 Å².